The Morgan fingerprint density at radius 1 is 0.973 bits per heavy atom. The lowest BCUT2D eigenvalue weighted by molar-refractivity contribution is -0.132. The summed E-state index contributed by atoms with van der Waals surface area (Å²) >= 11 is 6.21. The SMILES string of the molecule is Cc1ccc(N2C(=O)C(=O)/C(=C(/O)c3ccc(OCC(C)C)c(C)c3)C2c2ccc(O)c(Cl)c2)cc1C. The Bertz CT molecular complexity index is 1430. The van der Waals surface area contributed by atoms with Gasteiger partial charge in [0.1, 0.15) is 17.3 Å². The largest absolute Gasteiger partial charge is 0.507 e. The summed E-state index contributed by atoms with van der Waals surface area (Å²) in [6.07, 6.45) is 0. The maximum absolute atomic E-state index is 13.4. The minimum atomic E-state index is -0.947. The van der Waals surface area contributed by atoms with Crippen molar-refractivity contribution in [3.63, 3.8) is 0 Å². The van der Waals surface area contributed by atoms with Gasteiger partial charge in [0, 0.05) is 11.3 Å². The minimum absolute atomic E-state index is 0.0553. The number of benzene rings is 3. The van der Waals surface area contributed by atoms with Gasteiger partial charge in [-0.2, -0.15) is 0 Å². The summed E-state index contributed by atoms with van der Waals surface area (Å²) in [6.45, 7) is 10.4. The lowest BCUT2D eigenvalue weighted by atomic mass is 9.94. The number of halogens is 1. The van der Waals surface area contributed by atoms with Crippen molar-refractivity contribution in [3.8, 4) is 11.5 Å². The molecule has 1 saturated heterocycles. The van der Waals surface area contributed by atoms with Crippen LogP contribution in [0.2, 0.25) is 5.02 Å². The number of aromatic hydroxyl groups is 1. The van der Waals surface area contributed by atoms with Crippen LogP contribution in [0.4, 0.5) is 5.69 Å². The topological polar surface area (TPSA) is 87.1 Å². The third kappa shape index (κ3) is 5.07. The molecule has 0 bridgehead atoms. The Morgan fingerprint density at radius 3 is 2.32 bits per heavy atom. The molecule has 1 fully saturated rings. The van der Waals surface area contributed by atoms with Crippen LogP contribution >= 0.6 is 11.6 Å². The molecule has 37 heavy (non-hydrogen) atoms. The van der Waals surface area contributed by atoms with E-state index in [0.29, 0.717) is 35.1 Å². The van der Waals surface area contributed by atoms with Gasteiger partial charge < -0.3 is 14.9 Å². The Hall–Kier alpha value is -3.77. The van der Waals surface area contributed by atoms with E-state index in [-0.39, 0.29) is 22.1 Å². The fraction of sp³-hybridized carbons (Fsp3) is 0.267. The van der Waals surface area contributed by atoms with E-state index in [1.165, 1.54) is 17.0 Å². The Labute approximate surface area is 221 Å². The highest BCUT2D eigenvalue weighted by Gasteiger charge is 2.47. The van der Waals surface area contributed by atoms with Gasteiger partial charge in [0.15, 0.2) is 0 Å². The monoisotopic (exact) mass is 519 g/mol. The molecule has 0 radical (unpaired) electrons. The zero-order valence-corrected chi connectivity index (χ0v) is 22.3. The molecule has 7 heteroatoms. The second-order valence-corrected chi connectivity index (χ2v) is 10.2. The molecule has 1 aliphatic heterocycles. The Morgan fingerprint density at radius 2 is 1.70 bits per heavy atom. The van der Waals surface area contributed by atoms with E-state index in [4.69, 9.17) is 16.3 Å². The molecule has 1 amide bonds. The molecule has 192 valence electrons. The predicted molar refractivity (Wildman–Crippen MR) is 145 cm³/mol. The lowest BCUT2D eigenvalue weighted by Gasteiger charge is -2.26. The first-order valence-corrected chi connectivity index (χ1v) is 12.5. The third-order valence-corrected chi connectivity index (χ3v) is 6.82. The van der Waals surface area contributed by atoms with Crippen LogP contribution in [0, 0.1) is 26.7 Å². The van der Waals surface area contributed by atoms with E-state index in [9.17, 15) is 19.8 Å². The molecule has 4 rings (SSSR count). The first-order valence-electron chi connectivity index (χ1n) is 12.1. The number of anilines is 1. The highest BCUT2D eigenvalue weighted by molar-refractivity contribution is 6.51. The zero-order chi connectivity index (χ0) is 27.0. The first-order chi connectivity index (χ1) is 17.5. The van der Waals surface area contributed by atoms with Crippen molar-refractivity contribution in [2.24, 2.45) is 5.92 Å². The number of phenolic OH excluding ortho intramolecular Hbond substituents is 1. The van der Waals surface area contributed by atoms with Gasteiger partial charge in [0.2, 0.25) is 0 Å². The summed E-state index contributed by atoms with van der Waals surface area (Å²) < 4.78 is 5.84. The molecule has 1 heterocycles. The molecule has 3 aromatic carbocycles. The summed E-state index contributed by atoms with van der Waals surface area (Å²) in [4.78, 5) is 28.2. The summed E-state index contributed by atoms with van der Waals surface area (Å²) in [6, 6.07) is 14.2. The molecule has 6 nitrogen and oxygen atoms in total. The zero-order valence-electron chi connectivity index (χ0n) is 21.5. The van der Waals surface area contributed by atoms with Crippen LogP contribution in [0.3, 0.4) is 0 Å². The summed E-state index contributed by atoms with van der Waals surface area (Å²) in [5.74, 6) is -0.942. The number of aryl methyl sites for hydroxylation is 3. The summed E-state index contributed by atoms with van der Waals surface area (Å²) in [5, 5.41) is 21.5. The molecule has 0 aromatic heterocycles. The maximum atomic E-state index is 13.4. The minimum Gasteiger partial charge on any atom is -0.507 e. The van der Waals surface area contributed by atoms with Crippen molar-refractivity contribution in [3.05, 3.63) is 93.0 Å². The number of aliphatic hydroxyl groups is 1. The summed E-state index contributed by atoms with van der Waals surface area (Å²) in [5.41, 5.74) is 4.12. The second-order valence-electron chi connectivity index (χ2n) is 9.83. The molecular formula is C30H30ClNO5. The number of carbonyl (C=O) groups is 2. The van der Waals surface area contributed by atoms with Gasteiger partial charge >= 0.3 is 0 Å². The number of nitrogens with zero attached hydrogens (tertiary/aromatic N) is 1. The van der Waals surface area contributed by atoms with E-state index >= 15 is 0 Å². The number of hydrogen-bond donors (Lipinski definition) is 2. The average molecular weight is 520 g/mol. The average Bonchev–Trinajstić information content (AvgIpc) is 3.11. The summed E-state index contributed by atoms with van der Waals surface area (Å²) in [7, 11) is 0. The molecule has 2 N–H and O–H groups in total. The number of ether oxygens (including phenoxy) is 1. The number of hydrogen-bond acceptors (Lipinski definition) is 5. The number of Topliss-reactive ketones (excluding diaryl/α,β-unsaturated/α-hetero) is 1. The van der Waals surface area contributed by atoms with Crippen LogP contribution in [-0.2, 0) is 9.59 Å². The predicted octanol–water partition coefficient (Wildman–Crippen LogP) is 6.63. The smallest absolute Gasteiger partial charge is 0.300 e. The van der Waals surface area contributed by atoms with Crippen molar-refractivity contribution in [2.75, 3.05) is 11.5 Å². The number of aliphatic hydroxyl groups excluding tert-OH is 1. The first kappa shape index (κ1) is 26.3. The molecule has 3 aromatic rings. The van der Waals surface area contributed by atoms with E-state index in [1.807, 2.05) is 32.9 Å². The van der Waals surface area contributed by atoms with Crippen LogP contribution in [-0.4, -0.2) is 28.5 Å². The number of carbonyl (C=O) groups excluding carboxylic acids is 2. The van der Waals surface area contributed by atoms with E-state index < -0.39 is 17.7 Å². The number of amides is 1. The van der Waals surface area contributed by atoms with E-state index in [2.05, 4.69) is 13.8 Å². The van der Waals surface area contributed by atoms with E-state index in [1.54, 1.807) is 30.3 Å². The molecule has 1 atom stereocenters. The van der Waals surface area contributed by atoms with Crippen molar-refractivity contribution in [1.82, 2.24) is 0 Å². The number of phenols is 1. The van der Waals surface area contributed by atoms with Gasteiger partial charge in [-0.25, -0.2) is 0 Å². The molecule has 0 aliphatic carbocycles. The number of ketones is 1. The third-order valence-electron chi connectivity index (χ3n) is 6.52. The van der Waals surface area contributed by atoms with Crippen molar-refractivity contribution in [1.29, 1.82) is 0 Å². The number of rotatable bonds is 6. The molecule has 1 aliphatic rings. The van der Waals surface area contributed by atoms with Crippen LogP contribution in [0.1, 0.15) is 47.7 Å². The highest BCUT2D eigenvalue weighted by Crippen LogP contribution is 2.44. The van der Waals surface area contributed by atoms with Crippen molar-refractivity contribution >= 4 is 34.7 Å². The van der Waals surface area contributed by atoms with Gasteiger partial charge in [0.05, 0.1) is 23.2 Å². The molecule has 1 unspecified atom stereocenters. The normalized spacial score (nSPS) is 17.1. The maximum Gasteiger partial charge on any atom is 0.300 e. The Balaban J connectivity index is 1.88. The molecule has 0 spiro atoms. The second kappa shape index (κ2) is 10.3. The van der Waals surface area contributed by atoms with Gasteiger partial charge in [-0.3, -0.25) is 14.5 Å². The van der Waals surface area contributed by atoms with Gasteiger partial charge in [0.25, 0.3) is 11.7 Å². The van der Waals surface area contributed by atoms with E-state index in [0.717, 1.165) is 16.7 Å². The van der Waals surface area contributed by atoms with Crippen LogP contribution < -0.4 is 9.64 Å². The highest BCUT2D eigenvalue weighted by atomic mass is 35.5. The van der Waals surface area contributed by atoms with Crippen molar-refractivity contribution < 1.29 is 24.5 Å². The van der Waals surface area contributed by atoms with Crippen LogP contribution in [0.5, 0.6) is 11.5 Å². The molecular weight excluding hydrogens is 490 g/mol. The van der Waals surface area contributed by atoms with Crippen LogP contribution in [0.25, 0.3) is 5.76 Å². The Kier molecular flexibility index (Phi) is 7.32. The fourth-order valence-corrected chi connectivity index (χ4v) is 4.54. The van der Waals surface area contributed by atoms with Crippen LogP contribution in [0.15, 0.2) is 60.2 Å². The fourth-order valence-electron chi connectivity index (χ4n) is 4.35. The standard InChI is InChI=1S/C30H30ClNO5/c1-16(2)15-37-25-11-8-21(12-19(25)5)28(34)26-27(20-7-10-24(33)23(31)14-20)32(30(36)29(26)35)22-9-6-17(3)18(4)13-22/h6-14,16,27,33-34H,15H2,1-5H3/b28-26+. The van der Waals surface area contributed by atoms with Gasteiger partial charge in [-0.1, -0.05) is 37.6 Å². The molecule has 0 saturated carbocycles. The van der Waals surface area contributed by atoms with Gasteiger partial charge in [-0.05, 0) is 91.4 Å². The van der Waals surface area contributed by atoms with Gasteiger partial charge in [-0.15, -0.1) is 0 Å². The van der Waals surface area contributed by atoms with Crippen molar-refractivity contribution in [2.45, 2.75) is 40.7 Å². The lowest BCUT2D eigenvalue weighted by Crippen LogP contribution is -2.29. The quantitative estimate of drug-likeness (QED) is 0.217.